The number of benzene rings is 1. The van der Waals surface area contributed by atoms with Crippen LogP contribution < -0.4 is 0 Å². The minimum absolute atomic E-state index is 0.0840. The molecule has 7 heteroatoms. The molecule has 122 valence electrons. The molecule has 0 N–H and O–H groups in total. The first-order valence-electron chi connectivity index (χ1n) is 7.60. The SMILES string of the molecule is [2H]C(C(=O)c1ccccc1)[C@@H](CC(=O)N1CCOC1=O)C(=O)OC. The van der Waals surface area contributed by atoms with Crippen LogP contribution in [-0.2, 0) is 19.1 Å². The van der Waals surface area contributed by atoms with Gasteiger partial charge in [0.2, 0.25) is 5.91 Å². The van der Waals surface area contributed by atoms with Gasteiger partial charge in [0, 0.05) is 19.8 Å². The predicted octanol–water partition coefficient (Wildman–Crippen LogP) is 1.42. The second-order valence-corrected chi connectivity index (χ2v) is 4.89. The standard InChI is InChI=1S/C16H17NO6/c1-22-15(20)12(9-13(18)11-5-3-2-4-6-11)10-14(19)17-7-8-23-16(17)21/h2-6,12H,7-10H2,1H3/t12-/m0/s1/i9D/t9?,12-. The first kappa shape index (κ1) is 15.2. The molecular weight excluding hydrogens is 302 g/mol. The molecule has 0 radical (unpaired) electrons. The largest absolute Gasteiger partial charge is 0.469 e. The zero-order valence-electron chi connectivity index (χ0n) is 13.6. The van der Waals surface area contributed by atoms with Gasteiger partial charge in [-0.25, -0.2) is 9.69 Å². The first-order chi connectivity index (χ1) is 11.5. The minimum Gasteiger partial charge on any atom is -0.469 e. The van der Waals surface area contributed by atoms with Gasteiger partial charge in [-0.2, -0.15) is 0 Å². The van der Waals surface area contributed by atoms with Gasteiger partial charge in [-0.3, -0.25) is 14.4 Å². The fraction of sp³-hybridized carbons (Fsp3) is 0.375. The van der Waals surface area contributed by atoms with Crippen LogP contribution in [0.1, 0.15) is 24.5 Å². The Morgan fingerprint density at radius 3 is 2.61 bits per heavy atom. The molecule has 1 aliphatic heterocycles. The highest BCUT2D eigenvalue weighted by Crippen LogP contribution is 2.18. The maximum Gasteiger partial charge on any atom is 0.416 e. The van der Waals surface area contributed by atoms with Crippen molar-refractivity contribution in [1.82, 2.24) is 4.90 Å². The zero-order chi connectivity index (χ0) is 17.7. The summed E-state index contributed by atoms with van der Waals surface area (Å²) in [6.07, 6.45) is -2.78. The van der Waals surface area contributed by atoms with Crippen molar-refractivity contribution in [3.8, 4) is 0 Å². The van der Waals surface area contributed by atoms with E-state index in [1.54, 1.807) is 18.2 Å². The van der Waals surface area contributed by atoms with Gasteiger partial charge in [-0.15, -0.1) is 0 Å². The van der Waals surface area contributed by atoms with Crippen molar-refractivity contribution in [3.63, 3.8) is 0 Å². The third-order valence-electron chi connectivity index (χ3n) is 3.37. The van der Waals surface area contributed by atoms with Crippen LogP contribution in [0, 0.1) is 5.92 Å². The Bertz CT molecular complexity index is 647. The van der Waals surface area contributed by atoms with E-state index in [1.807, 2.05) is 0 Å². The van der Waals surface area contributed by atoms with E-state index >= 15 is 0 Å². The Hall–Kier alpha value is -2.70. The molecule has 1 heterocycles. The molecule has 1 aromatic carbocycles. The number of cyclic esters (lactones) is 1. The number of carbonyl (C=O) groups is 4. The Labute approximate surface area is 134 Å². The number of nitrogens with zero attached hydrogens (tertiary/aromatic N) is 1. The van der Waals surface area contributed by atoms with Crippen molar-refractivity contribution in [2.75, 3.05) is 20.3 Å². The van der Waals surface area contributed by atoms with Crippen molar-refractivity contribution in [2.45, 2.75) is 12.8 Å². The molecule has 2 rings (SSSR count). The van der Waals surface area contributed by atoms with Gasteiger partial charge in [0.15, 0.2) is 5.78 Å². The molecule has 0 saturated carbocycles. The van der Waals surface area contributed by atoms with E-state index < -0.39 is 42.5 Å². The van der Waals surface area contributed by atoms with Gasteiger partial charge >= 0.3 is 12.1 Å². The van der Waals surface area contributed by atoms with Gasteiger partial charge < -0.3 is 9.47 Å². The molecule has 0 aliphatic carbocycles. The van der Waals surface area contributed by atoms with E-state index in [1.165, 1.54) is 12.1 Å². The van der Waals surface area contributed by atoms with Crippen LogP contribution >= 0.6 is 0 Å². The van der Waals surface area contributed by atoms with Crippen molar-refractivity contribution in [2.24, 2.45) is 5.92 Å². The molecule has 0 aromatic heterocycles. The fourth-order valence-electron chi connectivity index (χ4n) is 2.16. The van der Waals surface area contributed by atoms with E-state index in [0.717, 1.165) is 12.0 Å². The molecule has 1 saturated heterocycles. The van der Waals surface area contributed by atoms with Gasteiger partial charge in [0.1, 0.15) is 6.61 Å². The lowest BCUT2D eigenvalue weighted by atomic mass is 9.95. The summed E-state index contributed by atoms with van der Waals surface area (Å²) in [7, 11) is 1.11. The second-order valence-electron chi connectivity index (χ2n) is 4.89. The summed E-state index contributed by atoms with van der Waals surface area (Å²) < 4.78 is 17.4. The van der Waals surface area contributed by atoms with Gasteiger partial charge in [0.05, 0.1) is 19.6 Å². The van der Waals surface area contributed by atoms with Crippen LogP contribution in [0.3, 0.4) is 0 Å². The Morgan fingerprint density at radius 1 is 1.35 bits per heavy atom. The summed E-state index contributed by atoms with van der Waals surface area (Å²) >= 11 is 0. The molecule has 1 aromatic rings. The van der Waals surface area contributed by atoms with Crippen LogP contribution in [0.5, 0.6) is 0 Å². The number of amides is 2. The summed E-state index contributed by atoms with van der Waals surface area (Å²) in [6.45, 7) is 0.168. The second kappa shape index (κ2) is 7.53. The minimum atomic E-state index is -1.51. The topological polar surface area (TPSA) is 90.0 Å². The van der Waals surface area contributed by atoms with E-state index in [4.69, 9.17) is 1.37 Å². The zero-order valence-corrected chi connectivity index (χ0v) is 12.6. The number of methoxy groups -OCH3 is 1. The molecular formula is C16H17NO6. The number of imide groups is 1. The van der Waals surface area contributed by atoms with Crippen LogP contribution in [-0.4, -0.2) is 48.9 Å². The number of rotatable bonds is 6. The van der Waals surface area contributed by atoms with Crippen LogP contribution in [0.4, 0.5) is 4.79 Å². The summed E-state index contributed by atoms with van der Waals surface area (Å²) in [5, 5.41) is 0. The third-order valence-corrected chi connectivity index (χ3v) is 3.37. The number of esters is 1. The highest BCUT2D eigenvalue weighted by Gasteiger charge is 2.33. The molecule has 2 atom stereocenters. The molecule has 1 aliphatic rings. The number of ketones is 1. The van der Waals surface area contributed by atoms with Crippen molar-refractivity contribution in [3.05, 3.63) is 35.9 Å². The molecule has 23 heavy (non-hydrogen) atoms. The highest BCUT2D eigenvalue weighted by atomic mass is 16.6. The smallest absolute Gasteiger partial charge is 0.416 e. The first-order valence-corrected chi connectivity index (χ1v) is 7.02. The average Bonchev–Trinajstić information content (AvgIpc) is 3.04. The molecule has 7 nitrogen and oxygen atoms in total. The van der Waals surface area contributed by atoms with Crippen LogP contribution in [0.2, 0.25) is 0 Å². The van der Waals surface area contributed by atoms with E-state index in [9.17, 15) is 19.2 Å². The maximum atomic E-state index is 12.4. The Balaban J connectivity index is 2.15. The van der Waals surface area contributed by atoms with Gasteiger partial charge in [-0.1, -0.05) is 30.3 Å². The molecule has 0 spiro atoms. The van der Waals surface area contributed by atoms with E-state index in [0.29, 0.717) is 0 Å². The molecule has 1 unspecified atom stereocenters. The molecule has 2 amide bonds. The lowest BCUT2D eigenvalue weighted by Crippen LogP contribution is -2.35. The van der Waals surface area contributed by atoms with Crippen molar-refractivity contribution >= 4 is 23.8 Å². The summed E-state index contributed by atoms with van der Waals surface area (Å²) in [4.78, 5) is 48.7. The number of Topliss-reactive ketones (excluding diaryl/α,β-unsaturated/α-hetero) is 1. The lowest BCUT2D eigenvalue weighted by molar-refractivity contribution is -0.148. The number of hydrogen-bond acceptors (Lipinski definition) is 6. The Morgan fingerprint density at radius 2 is 2.04 bits per heavy atom. The molecule has 1 fully saturated rings. The predicted molar refractivity (Wildman–Crippen MR) is 78.6 cm³/mol. The van der Waals surface area contributed by atoms with E-state index in [-0.39, 0.29) is 18.7 Å². The maximum absolute atomic E-state index is 12.4. The molecule has 0 bridgehead atoms. The van der Waals surface area contributed by atoms with Crippen molar-refractivity contribution in [1.29, 1.82) is 0 Å². The number of carbonyl (C=O) groups excluding carboxylic acids is 4. The summed E-state index contributed by atoms with van der Waals surface area (Å²) in [5.74, 6) is -3.42. The summed E-state index contributed by atoms with van der Waals surface area (Å²) in [5.41, 5.74) is 0.263. The van der Waals surface area contributed by atoms with Crippen LogP contribution in [0.25, 0.3) is 0 Å². The monoisotopic (exact) mass is 320 g/mol. The average molecular weight is 320 g/mol. The quantitative estimate of drug-likeness (QED) is 0.581. The number of ether oxygens (including phenoxy) is 2. The van der Waals surface area contributed by atoms with Gasteiger partial charge in [-0.05, 0) is 0 Å². The normalized spacial score (nSPS) is 17.0. The highest BCUT2D eigenvalue weighted by molar-refractivity contribution is 6.00. The fourth-order valence-corrected chi connectivity index (χ4v) is 2.16. The van der Waals surface area contributed by atoms with Crippen molar-refractivity contribution < 1.29 is 30.0 Å². The van der Waals surface area contributed by atoms with E-state index in [2.05, 4.69) is 9.47 Å². The lowest BCUT2D eigenvalue weighted by Gasteiger charge is -2.16. The van der Waals surface area contributed by atoms with Crippen LogP contribution in [0.15, 0.2) is 30.3 Å². The van der Waals surface area contributed by atoms with Gasteiger partial charge in [0.25, 0.3) is 0 Å². The number of hydrogen-bond donors (Lipinski definition) is 0. The third kappa shape index (κ3) is 4.15. The Kier molecular flexibility index (Phi) is 4.98. The summed E-state index contributed by atoms with van der Waals surface area (Å²) in [6, 6.07) is 8.04.